The monoisotopic (exact) mass is 385 g/mol. The molecule has 2 heterocycles. The van der Waals surface area contributed by atoms with Gasteiger partial charge in [0.15, 0.2) is 0 Å². The molecular weight excluding hydrogens is 362 g/mol. The Kier molecular flexibility index (Phi) is 6.14. The highest BCUT2D eigenvalue weighted by molar-refractivity contribution is 6.47. The van der Waals surface area contributed by atoms with Crippen LogP contribution in [0.4, 0.5) is 5.69 Å². The summed E-state index contributed by atoms with van der Waals surface area (Å²) in [4.78, 5) is 21.7. The average molecular weight is 385 g/mol. The third-order valence-corrected chi connectivity index (χ3v) is 4.27. The van der Waals surface area contributed by atoms with Gasteiger partial charge in [-0.3, -0.25) is 14.5 Å². The van der Waals surface area contributed by atoms with Crippen molar-refractivity contribution in [2.45, 2.75) is 13.8 Å². The third kappa shape index (κ3) is 4.73. The standard InChI is InChI=1S/C23H23N5O/c1-5-18(17-12-10-16(3)11-13-17)25-19(6-2)23(29)26-21-15-28(4)27-22(21)20-9-7-8-14-24-20/h5-15H,2H2,1,3-4H3,(H,26,29)/b18-5-,25-19+. The van der Waals surface area contributed by atoms with Crippen LogP contribution in [0.1, 0.15) is 18.1 Å². The lowest BCUT2D eigenvalue weighted by Gasteiger charge is -2.07. The van der Waals surface area contributed by atoms with E-state index in [-0.39, 0.29) is 11.6 Å². The lowest BCUT2D eigenvalue weighted by Crippen LogP contribution is -2.21. The minimum Gasteiger partial charge on any atom is -0.317 e. The third-order valence-electron chi connectivity index (χ3n) is 4.27. The van der Waals surface area contributed by atoms with Gasteiger partial charge in [-0.2, -0.15) is 5.10 Å². The number of hydrogen-bond donors (Lipinski definition) is 1. The molecule has 0 spiro atoms. The molecule has 0 atom stereocenters. The van der Waals surface area contributed by atoms with Gasteiger partial charge in [0.2, 0.25) is 0 Å². The van der Waals surface area contributed by atoms with Gasteiger partial charge in [-0.15, -0.1) is 0 Å². The van der Waals surface area contributed by atoms with E-state index in [4.69, 9.17) is 0 Å². The van der Waals surface area contributed by atoms with Crippen molar-refractivity contribution >= 4 is 23.0 Å². The second kappa shape index (κ2) is 8.93. The fraction of sp³-hybridized carbons (Fsp3) is 0.130. The largest absolute Gasteiger partial charge is 0.317 e. The number of benzene rings is 1. The van der Waals surface area contributed by atoms with Crippen molar-refractivity contribution in [1.29, 1.82) is 0 Å². The molecule has 1 amide bonds. The van der Waals surface area contributed by atoms with Crippen LogP contribution in [0.15, 0.2) is 78.6 Å². The second-order valence-electron chi connectivity index (χ2n) is 6.48. The summed E-state index contributed by atoms with van der Waals surface area (Å²) >= 11 is 0. The van der Waals surface area contributed by atoms with Crippen LogP contribution in [0, 0.1) is 6.92 Å². The smallest absolute Gasteiger partial charge is 0.274 e. The number of carbonyl (C=O) groups excluding carboxylic acids is 1. The number of anilines is 1. The van der Waals surface area contributed by atoms with Crippen molar-refractivity contribution in [3.63, 3.8) is 0 Å². The molecule has 3 rings (SSSR count). The Bertz CT molecular complexity index is 1080. The molecule has 0 radical (unpaired) electrons. The normalized spacial score (nSPS) is 12.0. The predicted octanol–water partition coefficient (Wildman–Crippen LogP) is 4.42. The lowest BCUT2D eigenvalue weighted by molar-refractivity contribution is -0.110. The van der Waals surface area contributed by atoms with Gasteiger partial charge in [0.05, 0.1) is 17.1 Å². The molecule has 6 heteroatoms. The van der Waals surface area contributed by atoms with Gasteiger partial charge in [0, 0.05) is 19.4 Å². The van der Waals surface area contributed by atoms with Gasteiger partial charge >= 0.3 is 0 Å². The number of aromatic nitrogens is 3. The quantitative estimate of drug-likeness (QED) is 0.639. The molecule has 2 aromatic heterocycles. The van der Waals surface area contributed by atoms with Crippen LogP contribution < -0.4 is 5.32 Å². The average Bonchev–Trinajstić information content (AvgIpc) is 3.10. The maximum atomic E-state index is 12.9. The van der Waals surface area contributed by atoms with Crippen LogP contribution in [0.3, 0.4) is 0 Å². The number of hydrogen-bond acceptors (Lipinski definition) is 4. The number of rotatable bonds is 6. The molecule has 146 valence electrons. The van der Waals surface area contributed by atoms with Crippen LogP contribution in [0.25, 0.3) is 17.1 Å². The van der Waals surface area contributed by atoms with Crippen molar-refractivity contribution in [2.75, 3.05) is 5.32 Å². The first-order chi connectivity index (χ1) is 14.0. The van der Waals surface area contributed by atoms with Gasteiger partial charge in [0.1, 0.15) is 11.4 Å². The molecule has 6 nitrogen and oxygen atoms in total. The highest BCUT2D eigenvalue weighted by Gasteiger charge is 2.16. The molecule has 3 aromatic rings. The number of aryl methyl sites for hydroxylation is 2. The molecule has 0 bridgehead atoms. The fourth-order valence-corrected chi connectivity index (χ4v) is 2.80. The summed E-state index contributed by atoms with van der Waals surface area (Å²) in [5, 5.41) is 7.29. The first kappa shape index (κ1) is 19.9. The SMILES string of the molecule is C=C/C(=N\C(=C/C)c1ccc(C)cc1)C(=O)Nc1cn(C)nc1-c1ccccn1. The van der Waals surface area contributed by atoms with E-state index in [2.05, 4.69) is 27.0 Å². The van der Waals surface area contributed by atoms with Gasteiger partial charge in [-0.05, 0) is 37.6 Å². The van der Waals surface area contributed by atoms with Crippen molar-refractivity contribution < 1.29 is 4.79 Å². The Morgan fingerprint density at radius 1 is 1.21 bits per heavy atom. The number of nitrogens with zero attached hydrogens (tertiary/aromatic N) is 4. The summed E-state index contributed by atoms with van der Waals surface area (Å²) in [6.45, 7) is 7.67. The summed E-state index contributed by atoms with van der Waals surface area (Å²) in [5.41, 5.74) is 4.84. The summed E-state index contributed by atoms with van der Waals surface area (Å²) in [6.07, 6.45) is 6.74. The molecule has 0 aliphatic rings. The number of nitrogens with one attached hydrogen (secondary N) is 1. The first-order valence-corrected chi connectivity index (χ1v) is 9.22. The maximum absolute atomic E-state index is 12.9. The van der Waals surface area contributed by atoms with E-state index in [0.717, 1.165) is 11.1 Å². The minimum atomic E-state index is -0.364. The number of carbonyl (C=O) groups is 1. The summed E-state index contributed by atoms with van der Waals surface area (Å²) in [7, 11) is 1.79. The highest BCUT2D eigenvalue weighted by Crippen LogP contribution is 2.24. The topological polar surface area (TPSA) is 72.2 Å². The van der Waals surface area contributed by atoms with Crippen molar-refractivity contribution in [3.8, 4) is 11.4 Å². The van der Waals surface area contributed by atoms with E-state index in [1.54, 1.807) is 24.1 Å². The summed E-state index contributed by atoms with van der Waals surface area (Å²) in [6, 6.07) is 13.5. The molecule has 1 aromatic carbocycles. The predicted molar refractivity (Wildman–Crippen MR) is 118 cm³/mol. The molecule has 0 saturated heterocycles. The Labute approximate surface area is 170 Å². The molecule has 0 aliphatic carbocycles. The van der Waals surface area contributed by atoms with Gasteiger partial charge in [-0.1, -0.05) is 48.6 Å². The first-order valence-electron chi connectivity index (χ1n) is 9.22. The maximum Gasteiger partial charge on any atom is 0.274 e. The zero-order valence-electron chi connectivity index (χ0n) is 16.8. The van der Waals surface area contributed by atoms with E-state index in [1.807, 2.05) is 62.4 Å². The van der Waals surface area contributed by atoms with Crippen LogP contribution in [-0.2, 0) is 11.8 Å². The minimum absolute atomic E-state index is 0.217. The summed E-state index contributed by atoms with van der Waals surface area (Å²) in [5.74, 6) is -0.364. The Hall–Kier alpha value is -3.80. The van der Waals surface area contributed by atoms with E-state index < -0.39 is 0 Å². The Balaban J connectivity index is 1.88. The van der Waals surface area contributed by atoms with E-state index in [9.17, 15) is 4.79 Å². The zero-order chi connectivity index (χ0) is 20.8. The summed E-state index contributed by atoms with van der Waals surface area (Å²) < 4.78 is 1.63. The second-order valence-corrected chi connectivity index (χ2v) is 6.48. The van der Waals surface area contributed by atoms with Crippen LogP contribution in [-0.4, -0.2) is 26.4 Å². The zero-order valence-corrected chi connectivity index (χ0v) is 16.8. The number of allylic oxidation sites excluding steroid dienone is 1. The highest BCUT2D eigenvalue weighted by atomic mass is 16.1. The van der Waals surface area contributed by atoms with E-state index in [1.165, 1.54) is 6.08 Å². The van der Waals surface area contributed by atoms with Crippen molar-refractivity contribution in [3.05, 3.63) is 84.7 Å². The van der Waals surface area contributed by atoms with Gasteiger partial charge in [0.25, 0.3) is 5.91 Å². The number of pyridine rings is 1. The van der Waals surface area contributed by atoms with Gasteiger partial charge < -0.3 is 5.32 Å². The molecule has 0 aliphatic heterocycles. The van der Waals surface area contributed by atoms with Crippen molar-refractivity contribution in [2.24, 2.45) is 12.0 Å². The molecule has 0 unspecified atom stereocenters. The molecule has 1 N–H and O–H groups in total. The number of amides is 1. The molecule has 0 saturated carbocycles. The van der Waals surface area contributed by atoms with Crippen LogP contribution >= 0.6 is 0 Å². The number of aliphatic imine (C=N–C) groups is 1. The molecular formula is C23H23N5O. The Morgan fingerprint density at radius 3 is 2.59 bits per heavy atom. The van der Waals surface area contributed by atoms with E-state index >= 15 is 0 Å². The van der Waals surface area contributed by atoms with Crippen LogP contribution in [0.2, 0.25) is 0 Å². The van der Waals surface area contributed by atoms with Crippen LogP contribution in [0.5, 0.6) is 0 Å². The molecule has 0 fully saturated rings. The fourth-order valence-electron chi connectivity index (χ4n) is 2.80. The van der Waals surface area contributed by atoms with Gasteiger partial charge in [-0.25, -0.2) is 4.99 Å². The molecule has 29 heavy (non-hydrogen) atoms. The van der Waals surface area contributed by atoms with E-state index in [0.29, 0.717) is 22.8 Å². The van der Waals surface area contributed by atoms with Crippen molar-refractivity contribution in [1.82, 2.24) is 14.8 Å². The Morgan fingerprint density at radius 2 is 1.97 bits per heavy atom. The lowest BCUT2D eigenvalue weighted by atomic mass is 10.1.